The van der Waals surface area contributed by atoms with Crippen LogP contribution in [0.3, 0.4) is 0 Å². The van der Waals surface area contributed by atoms with Gasteiger partial charge in [-0.15, -0.1) is 0 Å². The smallest absolute Gasteiger partial charge is 0.244 e. The fourth-order valence-corrected chi connectivity index (χ4v) is 5.06. The third kappa shape index (κ3) is 4.61. The molecular formula is C17H24N2OS2. The fourth-order valence-electron chi connectivity index (χ4n) is 3.18. The first kappa shape index (κ1) is 16.1. The quantitative estimate of drug-likeness (QED) is 0.839. The summed E-state index contributed by atoms with van der Waals surface area (Å²) < 4.78 is 0. The molecule has 3 nitrogen and oxygen atoms in total. The molecule has 22 heavy (non-hydrogen) atoms. The van der Waals surface area contributed by atoms with E-state index >= 15 is 0 Å². The predicted octanol–water partition coefficient (Wildman–Crippen LogP) is 3.10. The molecule has 120 valence electrons. The number of piperidine rings is 1. The second kappa shape index (κ2) is 8.18. The van der Waals surface area contributed by atoms with Crippen molar-refractivity contribution in [1.82, 2.24) is 10.2 Å². The highest BCUT2D eigenvalue weighted by atomic mass is 32.2. The Morgan fingerprint density at radius 3 is 2.91 bits per heavy atom. The van der Waals surface area contributed by atoms with Crippen molar-refractivity contribution in [3.63, 3.8) is 0 Å². The van der Waals surface area contributed by atoms with E-state index in [4.69, 9.17) is 0 Å². The second-order valence-electron chi connectivity index (χ2n) is 6.13. The summed E-state index contributed by atoms with van der Waals surface area (Å²) in [4.78, 5) is 14.5. The number of thioether (sulfide) groups is 1. The molecule has 2 fully saturated rings. The molecule has 3 heterocycles. The lowest BCUT2D eigenvalue weighted by atomic mass is 9.95. The molecule has 0 aromatic carbocycles. The molecule has 1 aromatic rings. The maximum atomic E-state index is 11.8. The van der Waals surface area contributed by atoms with Crippen molar-refractivity contribution >= 4 is 35.1 Å². The van der Waals surface area contributed by atoms with Gasteiger partial charge in [0.1, 0.15) is 0 Å². The average molecular weight is 337 g/mol. The summed E-state index contributed by atoms with van der Waals surface area (Å²) in [6.45, 7) is 3.23. The lowest BCUT2D eigenvalue weighted by molar-refractivity contribution is -0.116. The van der Waals surface area contributed by atoms with Crippen molar-refractivity contribution in [2.75, 3.05) is 31.1 Å². The zero-order valence-corrected chi connectivity index (χ0v) is 14.5. The molecule has 1 amide bonds. The molecule has 0 saturated carbocycles. The summed E-state index contributed by atoms with van der Waals surface area (Å²) in [6.07, 6.45) is 7.32. The number of hydrogen-bond donors (Lipinski definition) is 1. The third-order valence-corrected chi connectivity index (χ3v) is 6.45. The lowest BCUT2D eigenvalue weighted by Gasteiger charge is -2.35. The molecule has 1 atom stereocenters. The molecule has 2 saturated heterocycles. The Balaban J connectivity index is 1.35. The molecule has 0 unspecified atom stereocenters. The Kier molecular flexibility index (Phi) is 5.98. The molecular weight excluding hydrogens is 312 g/mol. The van der Waals surface area contributed by atoms with E-state index in [2.05, 4.69) is 22.0 Å². The normalized spacial score (nSPS) is 24.1. The van der Waals surface area contributed by atoms with Crippen molar-refractivity contribution in [2.45, 2.75) is 25.3 Å². The minimum Gasteiger partial charge on any atom is -0.352 e. The van der Waals surface area contributed by atoms with Gasteiger partial charge in [-0.05, 0) is 72.5 Å². The van der Waals surface area contributed by atoms with E-state index in [-0.39, 0.29) is 5.91 Å². The number of carbonyl (C=O) groups excluding carboxylic acids is 1. The highest BCUT2D eigenvalue weighted by molar-refractivity contribution is 7.99. The van der Waals surface area contributed by atoms with Crippen LogP contribution in [0.4, 0.5) is 0 Å². The SMILES string of the molecule is O=C(/C=C/c1ccsc1)NCC1CCN([C@@H]2CCSC2)CC1. The van der Waals surface area contributed by atoms with Crippen LogP contribution in [0, 0.1) is 5.92 Å². The van der Waals surface area contributed by atoms with Crippen LogP contribution in [0.1, 0.15) is 24.8 Å². The second-order valence-corrected chi connectivity index (χ2v) is 8.06. The standard InChI is InChI=1S/C17H24N2OS2/c20-17(2-1-15-5-9-21-12-15)18-11-14-3-7-19(8-4-14)16-6-10-22-13-16/h1-2,5,9,12,14,16H,3-4,6-8,10-11,13H2,(H,18,20)/b2-1+/t16-/m1/s1. The van der Waals surface area contributed by atoms with E-state index in [9.17, 15) is 4.79 Å². The van der Waals surface area contributed by atoms with Gasteiger partial charge < -0.3 is 5.32 Å². The van der Waals surface area contributed by atoms with E-state index in [0.717, 1.165) is 18.2 Å². The van der Waals surface area contributed by atoms with E-state index < -0.39 is 0 Å². The summed E-state index contributed by atoms with van der Waals surface area (Å²) in [6, 6.07) is 2.83. The minimum absolute atomic E-state index is 0.0285. The van der Waals surface area contributed by atoms with Crippen molar-refractivity contribution in [1.29, 1.82) is 0 Å². The van der Waals surface area contributed by atoms with Crippen LogP contribution in [0.15, 0.2) is 22.9 Å². The summed E-state index contributed by atoms with van der Waals surface area (Å²) in [5.74, 6) is 3.32. The lowest BCUT2D eigenvalue weighted by Crippen LogP contribution is -2.43. The van der Waals surface area contributed by atoms with Crippen LogP contribution in [-0.2, 0) is 4.79 Å². The van der Waals surface area contributed by atoms with Crippen LogP contribution < -0.4 is 5.32 Å². The minimum atomic E-state index is 0.0285. The van der Waals surface area contributed by atoms with Crippen molar-refractivity contribution in [3.05, 3.63) is 28.5 Å². The van der Waals surface area contributed by atoms with Gasteiger partial charge >= 0.3 is 0 Å². The topological polar surface area (TPSA) is 32.3 Å². The third-order valence-electron chi connectivity index (χ3n) is 4.61. The number of likely N-dealkylation sites (tertiary alicyclic amines) is 1. The zero-order chi connectivity index (χ0) is 15.2. The summed E-state index contributed by atoms with van der Waals surface area (Å²) >= 11 is 3.74. The molecule has 0 spiro atoms. The average Bonchev–Trinajstić information content (AvgIpc) is 3.24. The molecule has 2 aliphatic rings. The zero-order valence-electron chi connectivity index (χ0n) is 12.9. The molecule has 1 aromatic heterocycles. The largest absolute Gasteiger partial charge is 0.352 e. The monoisotopic (exact) mass is 336 g/mol. The van der Waals surface area contributed by atoms with E-state index in [1.807, 2.05) is 22.9 Å². The Labute approximate surface area is 141 Å². The van der Waals surface area contributed by atoms with Gasteiger partial charge in [0.2, 0.25) is 5.91 Å². The van der Waals surface area contributed by atoms with Crippen LogP contribution in [-0.4, -0.2) is 48.0 Å². The Morgan fingerprint density at radius 2 is 2.23 bits per heavy atom. The van der Waals surface area contributed by atoms with Gasteiger partial charge in [-0.2, -0.15) is 23.1 Å². The van der Waals surface area contributed by atoms with E-state index in [1.165, 1.54) is 43.9 Å². The summed E-state index contributed by atoms with van der Waals surface area (Å²) in [5.41, 5.74) is 1.10. The van der Waals surface area contributed by atoms with Crippen LogP contribution in [0.2, 0.25) is 0 Å². The van der Waals surface area contributed by atoms with Crippen LogP contribution in [0.25, 0.3) is 6.08 Å². The predicted molar refractivity (Wildman–Crippen MR) is 96.4 cm³/mol. The van der Waals surface area contributed by atoms with E-state index in [1.54, 1.807) is 17.4 Å². The van der Waals surface area contributed by atoms with Gasteiger partial charge in [0.05, 0.1) is 0 Å². The molecule has 5 heteroatoms. The molecule has 0 radical (unpaired) electrons. The van der Waals surface area contributed by atoms with Gasteiger partial charge in [-0.1, -0.05) is 0 Å². The summed E-state index contributed by atoms with van der Waals surface area (Å²) in [5, 5.41) is 7.12. The first-order chi connectivity index (χ1) is 10.8. The Morgan fingerprint density at radius 1 is 1.36 bits per heavy atom. The first-order valence-corrected chi connectivity index (χ1v) is 10.2. The van der Waals surface area contributed by atoms with Crippen molar-refractivity contribution in [2.24, 2.45) is 5.92 Å². The highest BCUT2D eigenvalue weighted by Gasteiger charge is 2.27. The fraction of sp³-hybridized carbons (Fsp3) is 0.588. The highest BCUT2D eigenvalue weighted by Crippen LogP contribution is 2.26. The number of nitrogens with zero attached hydrogens (tertiary/aromatic N) is 1. The first-order valence-electron chi connectivity index (χ1n) is 8.11. The molecule has 0 bridgehead atoms. The molecule has 0 aliphatic carbocycles. The molecule has 1 N–H and O–H groups in total. The van der Waals surface area contributed by atoms with Crippen molar-refractivity contribution in [3.8, 4) is 0 Å². The number of nitrogens with one attached hydrogen (secondary N) is 1. The number of carbonyl (C=O) groups is 1. The van der Waals surface area contributed by atoms with Gasteiger partial charge in [0.25, 0.3) is 0 Å². The number of hydrogen-bond acceptors (Lipinski definition) is 4. The number of rotatable bonds is 5. The van der Waals surface area contributed by atoms with E-state index in [0.29, 0.717) is 5.92 Å². The van der Waals surface area contributed by atoms with Gasteiger partial charge in [-0.3, -0.25) is 9.69 Å². The maximum Gasteiger partial charge on any atom is 0.244 e. The van der Waals surface area contributed by atoms with Gasteiger partial charge in [-0.25, -0.2) is 0 Å². The maximum absolute atomic E-state index is 11.8. The van der Waals surface area contributed by atoms with Crippen LogP contribution >= 0.6 is 23.1 Å². The Bertz CT molecular complexity index is 487. The van der Waals surface area contributed by atoms with Gasteiger partial charge in [0, 0.05) is 24.4 Å². The molecule has 2 aliphatic heterocycles. The van der Waals surface area contributed by atoms with Gasteiger partial charge in [0.15, 0.2) is 0 Å². The van der Waals surface area contributed by atoms with Crippen molar-refractivity contribution < 1.29 is 4.79 Å². The Hall–Kier alpha value is -0.780. The summed E-state index contributed by atoms with van der Waals surface area (Å²) in [7, 11) is 0. The number of thiophene rings is 1. The molecule has 3 rings (SSSR count). The van der Waals surface area contributed by atoms with Crippen LogP contribution in [0.5, 0.6) is 0 Å². The number of amides is 1.